The second-order valence-electron chi connectivity index (χ2n) is 7.27. The third kappa shape index (κ3) is 3.39. The van der Waals surface area contributed by atoms with E-state index in [0.717, 1.165) is 54.2 Å². The van der Waals surface area contributed by atoms with Crippen LogP contribution >= 0.6 is 0 Å². The third-order valence-electron chi connectivity index (χ3n) is 5.32. The van der Waals surface area contributed by atoms with E-state index in [1.807, 2.05) is 41.0 Å². The van der Waals surface area contributed by atoms with E-state index in [9.17, 15) is 4.39 Å². The molecule has 6 heteroatoms. The number of pyridine rings is 2. The van der Waals surface area contributed by atoms with Crippen LogP contribution in [0.15, 0.2) is 67.1 Å². The Morgan fingerprint density at radius 2 is 1.79 bits per heavy atom. The molecule has 4 heterocycles. The molecule has 0 N–H and O–H groups in total. The lowest BCUT2D eigenvalue weighted by Crippen LogP contribution is -2.20. The minimum Gasteiger partial charge on any atom is -0.298 e. The molecule has 1 fully saturated rings. The smallest absolute Gasteiger partial charge is 0.156 e. The fourth-order valence-corrected chi connectivity index (χ4v) is 3.82. The van der Waals surface area contributed by atoms with Gasteiger partial charge in [-0.25, -0.2) is 13.9 Å². The molecule has 0 spiro atoms. The number of hydrogen-bond donors (Lipinski definition) is 0. The number of fused-ring (bicyclic) bond motifs is 1. The molecular weight excluding hydrogens is 353 g/mol. The summed E-state index contributed by atoms with van der Waals surface area (Å²) in [7, 11) is 0. The zero-order valence-corrected chi connectivity index (χ0v) is 15.4. The fourth-order valence-electron chi connectivity index (χ4n) is 3.82. The number of hydrogen-bond acceptors (Lipinski definition) is 4. The van der Waals surface area contributed by atoms with Gasteiger partial charge in [0, 0.05) is 43.2 Å². The minimum absolute atomic E-state index is 0.192. The molecule has 1 aliphatic rings. The summed E-state index contributed by atoms with van der Waals surface area (Å²) in [4.78, 5) is 11.2. The lowest BCUT2D eigenvalue weighted by atomic mass is 10.1. The van der Waals surface area contributed by atoms with Crippen molar-refractivity contribution in [1.29, 1.82) is 0 Å². The maximum absolute atomic E-state index is 13.1. The van der Waals surface area contributed by atoms with Crippen molar-refractivity contribution in [2.45, 2.75) is 18.9 Å². The molecule has 1 aromatic carbocycles. The highest BCUT2D eigenvalue weighted by Crippen LogP contribution is 2.27. The van der Waals surface area contributed by atoms with Crippen molar-refractivity contribution in [3.05, 3.63) is 84.3 Å². The van der Waals surface area contributed by atoms with Crippen LogP contribution < -0.4 is 0 Å². The van der Waals surface area contributed by atoms with Gasteiger partial charge in [-0.1, -0.05) is 12.1 Å². The molecule has 0 saturated carbocycles. The van der Waals surface area contributed by atoms with Crippen LogP contribution in [0.5, 0.6) is 0 Å². The van der Waals surface area contributed by atoms with E-state index in [0.29, 0.717) is 5.92 Å². The fraction of sp³-hybridized carbons (Fsp3) is 0.227. The van der Waals surface area contributed by atoms with E-state index >= 15 is 0 Å². The monoisotopic (exact) mass is 373 g/mol. The molecule has 0 bridgehead atoms. The molecule has 5 rings (SSSR count). The number of aromatic nitrogens is 4. The van der Waals surface area contributed by atoms with Crippen LogP contribution in [-0.2, 0) is 6.54 Å². The summed E-state index contributed by atoms with van der Waals surface area (Å²) in [5, 5.41) is 4.75. The summed E-state index contributed by atoms with van der Waals surface area (Å²) in [6, 6.07) is 14.8. The predicted octanol–water partition coefficient (Wildman–Crippen LogP) is 3.92. The van der Waals surface area contributed by atoms with Crippen LogP contribution in [0.1, 0.15) is 23.7 Å². The molecule has 0 amide bonds. The molecule has 0 aliphatic carbocycles. The van der Waals surface area contributed by atoms with E-state index in [-0.39, 0.29) is 5.82 Å². The topological polar surface area (TPSA) is 46.3 Å². The number of likely N-dealkylation sites (tertiary alicyclic amines) is 1. The van der Waals surface area contributed by atoms with Crippen LogP contribution in [0.4, 0.5) is 4.39 Å². The Bertz CT molecular complexity index is 1090. The molecule has 28 heavy (non-hydrogen) atoms. The first-order chi connectivity index (χ1) is 13.7. The Morgan fingerprint density at radius 1 is 0.964 bits per heavy atom. The van der Waals surface area contributed by atoms with Gasteiger partial charge < -0.3 is 0 Å². The Kier molecular flexibility index (Phi) is 4.33. The van der Waals surface area contributed by atoms with Gasteiger partial charge in [0.2, 0.25) is 0 Å². The first kappa shape index (κ1) is 17.0. The summed E-state index contributed by atoms with van der Waals surface area (Å²) in [6.07, 6.45) is 6.64. The summed E-state index contributed by atoms with van der Waals surface area (Å²) in [5.74, 6) is 1.03. The molecule has 3 aromatic heterocycles. The zero-order valence-electron chi connectivity index (χ0n) is 15.4. The maximum Gasteiger partial charge on any atom is 0.156 e. The standard InChI is InChI=1S/C22H20FN5/c23-20-4-1-16(2-5-20)13-27-12-9-19(14-27)22-25-21-6-3-18(15-28(21)26-22)17-7-10-24-11-8-17/h1-8,10-11,15,19H,9,12-14H2. The number of rotatable bonds is 4. The summed E-state index contributed by atoms with van der Waals surface area (Å²) in [6.45, 7) is 2.75. The van der Waals surface area contributed by atoms with Crippen molar-refractivity contribution in [3.8, 4) is 11.1 Å². The average Bonchev–Trinajstić information content (AvgIpc) is 3.36. The van der Waals surface area contributed by atoms with Crippen LogP contribution in [0.25, 0.3) is 16.8 Å². The lowest BCUT2D eigenvalue weighted by molar-refractivity contribution is 0.325. The van der Waals surface area contributed by atoms with Crippen LogP contribution in [0, 0.1) is 5.82 Å². The summed E-state index contributed by atoms with van der Waals surface area (Å²) >= 11 is 0. The van der Waals surface area contributed by atoms with Crippen LogP contribution in [-0.4, -0.2) is 37.6 Å². The third-order valence-corrected chi connectivity index (χ3v) is 5.32. The molecule has 4 aromatic rings. The Morgan fingerprint density at radius 3 is 2.61 bits per heavy atom. The highest BCUT2D eigenvalue weighted by atomic mass is 19.1. The van der Waals surface area contributed by atoms with Gasteiger partial charge in [-0.3, -0.25) is 9.88 Å². The number of benzene rings is 1. The van der Waals surface area contributed by atoms with Crippen molar-refractivity contribution in [2.75, 3.05) is 13.1 Å². The summed E-state index contributed by atoms with van der Waals surface area (Å²) < 4.78 is 15.0. The van der Waals surface area contributed by atoms with E-state index in [2.05, 4.69) is 16.0 Å². The molecule has 1 aliphatic heterocycles. The Hall–Kier alpha value is -3.12. The van der Waals surface area contributed by atoms with E-state index in [1.165, 1.54) is 12.1 Å². The van der Waals surface area contributed by atoms with Gasteiger partial charge in [0.1, 0.15) is 5.82 Å². The SMILES string of the molecule is Fc1ccc(CN2CCC(c3nc4ccc(-c5ccncc5)cn4n3)C2)cc1. The Balaban J connectivity index is 1.33. The van der Waals surface area contributed by atoms with Crippen molar-refractivity contribution < 1.29 is 4.39 Å². The van der Waals surface area contributed by atoms with Gasteiger partial charge in [-0.05, 0) is 60.5 Å². The number of halogens is 1. The van der Waals surface area contributed by atoms with Crippen molar-refractivity contribution >= 4 is 5.65 Å². The van der Waals surface area contributed by atoms with Gasteiger partial charge in [-0.2, -0.15) is 5.10 Å². The minimum atomic E-state index is -0.192. The predicted molar refractivity (Wildman–Crippen MR) is 105 cm³/mol. The van der Waals surface area contributed by atoms with Gasteiger partial charge >= 0.3 is 0 Å². The normalized spacial score (nSPS) is 17.4. The molecular formula is C22H20FN5. The van der Waals surface area contributed by atoms with Gasteiger partial charge in [0.15, 0.2) is 11.5 Å². The molecule has 1 atom stereocenters. The summed E-state index contributed by atoms with van der Waals surface area (Å²) in [5.41, 5.74) is 4.20. The molecule has 5 nitrogen and oxygen atoms in total. The lowest BCUT2D eigenvalue weighted by Gasteiger charge is -2.15. The second-order valence-corrected chi connectivity index (χ2v) is 7.27. The van der Waals surface area contributed by atoms with E-state index in [4.69, 9.17) is 10.1 Å². The van der Waals surface area contributed by atoms with E-state index in [1.54, 1.807) is 12.4 Å². The largest absolute Gasteiger partial charge is 0.298 e. The highest BCUT2D eigenvalue weighted by Gasteiger charge is 2.27. The Labute approximate surface area is 162 Å². The molecule has 1 unspecified atom stereocenters. The van der Waals surface area contributed by atoms with E-state index < -0.39 is 0 Å². The molecule has 140 valence electrons. The highest BCUT2D eigenvalue weighted by molar-refractivity contribution is 5.63. The molecule has 1 saturated heterocycles. The van der Waals surface area contributed by atoms with Gasteiger partial charge in [0.25, 0.3) is 0 Å². The van der Waals surface area contributed by atoms with Gasteiger partial charge in [-0.15, -0.1) is 0 Å². The first-order valence-electron chi connectivity index (χ1n) is 9.48. The zero-order chi connectivity index (χ0) is 18.9. The van der Waals surface area contributed by atoms with Crippen molar-refractivity contribution in [2.24, 2.45) is 0 Å². The molecule has 0 radical (unpaired) electrons. The van der Waals surface area contributed by atoms with Crippen molar-refractivity contribution in [3.63, 3.8) is 0 Å². The second kappa shape index (κ2) is 7.13. The number of nitrogens with zero attached hydrogens (tertiary/aromatic N) is 5. The maximum atomic E-state index is 13.1. The first-order valence-corrected chi connectivity index (χ1v) is 9.48. The van der Waals surface area contributed by atoms with Crippen LogP contribution in [0.2, 0.25) is 0 Å². The van der Waals surface area contributed by atoms with Crippen molar-refractivity contribution in [1.82, 2.24) is 24.5 Å². The average molecular weight is 373 g/mol. The quantitative estimate of drug-likeness (QED) is 0.544. The van der Waals surface area contributed by atoms with Crippen LogP contribution in [0.3, 0.4) is 0 Å². The van der Waals surface area contributed by atoms with Gasteiger partial charge in [0.05, 0.1) is 0 Å².